The van der Waals surface area contributed by atoms with Gasteiger partial charge in [0.05, 0.1) is 19.3 Å². The topological polar surface area (TPSA) is 53.5 Å². The van der Waals surface area contributed by atoms with E-state index in [1.54, 1.807) is 12.1 Å². The molecule has 134 valence electrons. The molecule has 1 aliphatic rings. The zero-order chi connectivity index (χ0) is 17.7. The minimum atomic E-state index is -1.29. The highest BCUT2D eigenvalue weighted by molar-refractivity contribution is 7.90. The first-order chi connectivity index (χ1) is 11.3. The lowest BCUT2D eigenvalue weighted by atomic mass is 10.0. The van der Waals surface area contributed by atoms with E-state index in [9.17, 15) is 8.94 Å². The van der Waals surface area contributed by atoms with Crippen molar-refractivity contribution in [1.29, 1.82) is 0 Å². The molecule has 6 heteroatoms. The normalized spacial score (nSPS) is 20.6. The van der Waals surface area contributed by atoms with Crippen LogP contribution in [0.2, 0.25) is 0 Å². The number of nitrogens with one attached hydrogen (secondary N) is 1. The Bertz CT molecular complexity index is 556. The molecule has 4 nitrogen and oxygen atoms in total. The van der Waals surface area contributed by atoms with Crippen molar-refractivity contribution in [1.82, 2.24) is 4.72 Å². The van der Waals surface area contributed by atoms with Gasteiger partial charge in [-0.3, -0.25) is 0 Å². The zero-order valence-corrected chi connectivity index (χ0v) is 15.3. The summed E-state index contributed by atoms with van der Waals surface area (Å²) in [5.41, 5.74) is 0.652. The second-order valence-corrected chi connectivity index (χ2v) is 8.86. The molecule has 1 N–H and O–H groups in total. The molecule has 0 amide bonds. The predicted octanol–water partition coefficient (Wildman–Crippen LogP) is 3.66. The molecule has 1 aliphatic heterocycles. The molecule has 0 spiro atoms. The van der Waals surface area contributed by atoms with Gasteiger partial charge in [0.25, 0.3) is 0 Å². The summed E-state index contributed by atoms with van der Waals surface area (Å²) in [5.74, 6) is 0.245. The molecule has 1 heterocycles. The van der Waals surface area contributed by atoms with Crippen LogP contribution in [-0.2, 0) is 16.1 Å². The van der Waals surface area contributed by atoms with Gasteiger partial charge in [-0.2, -0.15) is 0 Å². The summed E-state index contributed by atoms with van der Waals surface area (Å²) in [7, 11) is 0. The first kappa shape index (κ1) is 19.2. The first-order valence-corrected chi connectivity index (χ1v) is 9.29. The van der Waals surface area contributed by atoms with E-state index in [0.29, 0.717) is 30.9 Å². The van der Waals surface area contributed by atoms with Crippen molar-refractivity contribution in [3.8, 4) is 5.75 Å². The van der Waals surface area contributed by atoms with E-state index in [4.69, 9.17) is 9.47 Å². The molecule has 24 heavy (non-hydrogen) atoms. The Labute approximate surface area is 146 Å². The molecule has 0 aliphatic carbocycles. The highest BCUT2D eigenvalue weighted by atomic mass is 32.2. The summed E-state index contributed by atoms with van der Waals surface area (Å²) in [6.45, 7) is 10.6. The van der Waals surface area contributed by atoms with Crippen LogP contribution in [0.5, 0.6) is 5.75 Å². The lowest BCUT2D eigenvalue weighted by Gasteiger charge is -2.29. The molecular weight excluding hydrogens is 329 g/mol. The molecule has 1 aromatic rings. The SMILES string of the molecule is C=CCC(N[S+]([O-])C(C)(C)C)c1cc(F)ccc1OC1CCOC1. The smallest absolute Gasteiger partial charge is 0.136 e. The molecule has 0 bridgehead atoms. The average Bonchev–Trinajstić information content (AvgIpc) is 3.00. The van der Waals surface area contributed by atoms with Crippen LogP contribution in [0.1, 0.15) is 45.2 Å². The van der Waals surface area contributed by atoms with Crippen LogP contribution in [0.25, 0.3) is 0 Å². The Morgan fingerprint density at radius 3 is 2.88 bits per heavy atom. The Morgan fingerprint density at radius 2 is 2.29 bits per heavy atom. The number of benzene rings is 1. The maximum atomic E-state index is 13.8. The summed E-state index contributed by atoms with van der Waals surface area (Å²) in [6, 6.07) is 4.10. The summed E-state index contributed by atoms with van der Waals surface area (Å²) in [5, 5.41) is 0. The van der Waals surface area contributed by atoms with Crippen molar-refractivity contribution in [3.05, 3.63) is 42.2 Å². The van der Waals surface area contributed by atoms with Gasteiger partial charge in [-0.1, -0.05) is 6.08 Å². The molecule has 3 unspecified atom stereocenters. The summed E-state index contributed by atoms with van der Waals surface area (Å²) in [4.78, 5) is 0. The fraction of sp³-hybridized carbons (Fsp3) is 0.556. The zero-order valence-electron chi connectivity index (χ0n) is 14.5. The Balaban J connectivity index is 2.26. The molecule has 1 fully saturated rings. The summed E-state index contributed by atoms with van der Waals surface area (Å²) in [6.07, 6.45) is 3.02. The Kier molecular flexibility index (Phi) is 6.69. The monoisotopic (exact) mass is 355 g/mol. The van der Waals surface area contributed by atoms with Gasteiger partial charge >= 0.3 is 0 Å². The number of halogens is 1. The molecular formula is C18H26FNO3S. The summed E-state index contributed by atoms with van der Waals surface area (Å²) >= 11 is -1.29. The number of ether oxygens (including phenoxy) is 2. The first-order valence-electron chi connectivity index (χ1n) is 8.14. The van der Waals surface area contributed by atoms with Gasteiger partial charge < -0.3 is 14.0 Å². The lowest BCUT2D eigenvalue weighted by molar-refractivity contribution is 0.140. The standard InChI is InChI=1S/C18H26FNO3S/c1-5-6-16(20-24(21)18(2,3)4)15-11-13(19)7-8-17(15)23-14-9-10-22-12-14/h5,7-8,11,14,16,20H,1,6,9-10,12H2,2-4H3. The van der Waals surface area contributed by atoms with Gasteiger partial charge in [0, 0.05) is 23.3 Å². The van der Waals surface area contributed by atoms with Crippen LogP contribution in [0.3, 0.4) is 0 Å². The Morgan fingerprint density at radius 1 is 1.54 bits per heavy atom. The predicted molar refractivity (Wildman–Crippen MR) is 94.8 cm³/mol. The number of rotatable bonds is 7. The van der Waals surface area contributed by atoms with Crippen LogP contribution < -0.4 is 9.46 Å². The van der Waals surface area contributed by atoms with E-state index in [0.717, 1.165) is 6.42 Å². The third-order valence-electron chi connectivity index (χ3n) is 3.74. The van der Waals surface area contributed by atoms with Gasteiger partial charge in [-0.25, -0.2) is 4.39 Å². The van der Waals surface area contributed by atoms with Crippen molar-refractivity contribution in [2.24, 2.45) is 0 Å². The average molecular weight is 355 g/mol. The van der Waals surface area contributed by atoms with E-state index < -0.39 is 16.1 Å². The van der Waals surface area contributed by atoms with E-state index in [1.807, 2.05) is 20.8 Å². The van der Waals surface area contributed by atoms with Crippen LogP contribution in [0.15, 0.2) is 30.9 Å². The second-order valence-electron chi connectivity index (χ2n) is 6.86. The van der Waals surface area contributed by atoms with Crippen molar-refractivity contribution >= 4 is 11.4 Å². The van der Waals surface area contributed by atoms with Crippen LogP contribution in [0.4, 0.5) is 4.39 Å². The Hall–Kier alpha value is -1.08. The van der Waals surface area contributed by atoms with Crippen molar-refractivity contribution < 1.29 is 18.4 Å². The maximum absolute atomic E-state index is 13.8. The van der Waals surface area contributed by atoms with Crippen molar-refractivity contribution in [2.75, 3.05) is 13.2 Å². The third kappa shape index (κ3) is 5.21. The van der Waals surface area contributed by atoms with Gasteiger partial charge in [0.15, 0.2) is 0 Å². The molecule has 1 saturated heterocycles. The van der Waals surface area contributed by atoms with Gasteiger partial charge in [0.1, 0.15) is 22.4 Å². The molecule has 0 aromatic heterocycles. The van der Waals surface area contributed by atoms with E-state index >= 15 is 0 Å². The van der Waals surface area contributed by atoms with Crippen LogP contribution >= 0.6 is 0 Å². The highest BCUT2D eigenvalue weighted by Crippen LogP contribution is 2.32. The molecule has 0 saturated carbocycles. The minimum absolute atomic E-state index is 0.0355. The third-order valence-corrected chi connectivity index (χ3v) is 5.35. The van der Waals surface area contributed by atoms with Gasteiger partial charge in [0.2, 0.25) is 0 Å². The van der Waals surface area contributed by atoms with Crippen molar-refractivity contribution in [2.45, 2.75) is 50.5 Å². The van der Waals surface area contributed by atoms with E-state index in [2.05, 4.69) is 11.3 Å². The van der Waals surface area contributed by atoms with Crippen LogP contribution in [-0.4, -0.2) is 28.6 Å². The number of hydrogen-bond donors (Lipinski definition) is 1. The quantitative estimate of drug-likeness (QED) is 0.599. The highest BCUT2D eigenvalue weighted by Gasteiger charge is 2.31. The largest absolute Gasteiger partial charge is 0.598 e. The minimum Gasteiger partial charge on any atom is -0.598 e. The van der Waals surface area contributed by atoms with E-state index in [1.165, 1.54) is 12.1 Å². The number of hydrogen-bond acceptors (Lipinski definition) is 4. The molecule has 3 atom stereocenters. The lowest BCUT2D eigenvalue weighted by Crippen LogP contribution is -2.41. The van der Waals surface area contributed by atoms with Gasteiger partial charge in [-0.15, -0.1) is 11.3 Å². The fourth-order valence-corrected chi connectivity index (χ4v) is 3.23. The van der Waals surface area contributed by atoms with E-state index in [-0.39, 0.29) is 18.0 Å². The fourth-order valence-electron chi connectivity index (χ4n) is 2.40. The maximum Gasteiger partial charge on any atom is 0.136 e. The van der Waals surface area contributed by atoms with Gasteiger partial charge in [-0.05, 0) is 45.4 Å². The summed E-state index contributed by atoms with van der Waals surface area (Å²) < 4.78 is 40.3. The molecule has 2 rings (SSSR count). The molecule has 1 aromatic carbocycles. The van der Waals surface area contributed by atoms with Crippen LogP contribution in [0, 0.1) is 5.82 Å². The molecule has 0 radical (unpaired) electrons. The second kappa shape index (κ2) is 8.34. The van der Waals surface area contributed by atoms with Crippen molar-refractivity contribution in [3.63, 3.8) is 0 Å².